The van der Waals surface area contributed by atoms with Crippen LogP contribution in [0.15, 0.2) is 30.6 Å². The van der Waals surface area contributed by atoms with Gasteiger partial charge < -0.3 is 4.74 Å². The zero-order chi connectivity index (χ0) is 13.0. The summed E-state index contributed by atoms with van der Waals surface area (Å²) in [5.74, 6) is 0.448. The lowest BCUT2D eigenvalue weighted by Crippen LogP contribution is -1.93. The molecule has 0 N–H and O–H groups in total. The van der Waals surface area contributed by atoms with Crippen LogP contribution in [0.25, 0.3) is 11.4 Å². The number of hydrogen-bond acceptors (Lipinski definition) is 5. The van der Waals surface area contributed by atoms with E-state index in [4.69, 9.17) is 10.00 Å². The number of pyridine rings is 2. The number of nitriles is 1. The van der Waals surface area contributed by atoms with E-state index in [0.717, 1.165) is 6.29 Å². The van der Waals surface area contributed by atoms with Gasteiger partial charge in [0.05, 0.1) is 18.5 Å². The summed E-state index contributed by atoms with van der Waals surface area (Å²) in [5.41, 5.74) is 2.07. The molecule has 0 saturated carbocycles. The van der Waals surface area contributed by atoms with Gasteiger partial charge in [0.2, 0.25) is 0 Å². The molecule has 0 aliphatic heterocycles. The Morgan fingerprint density at radius 3 is 2.61 bits per heavy atom. The molecule has 0 atom stereocenters. The van der Waals surface area contributed by atoms with Gasteiger partial charge in [-0.05, 0) is 12.1 Å². The molecule has 0 aliphatic carbocycles. The summed E-state index contributed by atoms with van der Waals surface area (Å²) >= 11 is 0. The highest BCUT2D eigenvalue weighted by molar-refractivity contribution is 5.75. The Balaban J connectivity index is 2.44. The number of ether oxygens (including phenoxy) is 1. The highest BCUT2D eigenvalue weighted by Crippen LogP contribution is 2.23. The van der Waals surface area contributed by atoms with Crippen molar-refractivity contribution in [2.75, 3.05) is 7.11 Å². The smallest absolute Gasteiger partial charge is 0.151 e. The molecular weight excluding hydrogens is 230 g/mol. The third kappa shape index (κ3) is 2.18. The van der Waals surface area contributed by atoms with Gasteiger partial charge in [-0.25, -0.2) is 0 Å². The van der Waals surface area contributed by atoms with Gasteiger partial charge in [-0.1, -0.05) is 0 Å². The normalized spacial score (nSPS) is 9.56. The highest BCUT2D eigenvalue weighted by atomic mass is 16.5. The van der Waals surface area contributed by atoms with E-state index in [-0.39, 0.29) is 0 Å². The second-order valence-corrected chi connectivity index (χ2v) is 3.48. The van der Waals surface area contributed by atoms with Crippen LogP contribution in [-0.4, -0.2) is 23.4 Å². The number of methoxy groups -OCH3 is 1. The first-order valence-electron chi connectivity index (χ1n) is 5.14. The van der Waals surface area contributed by atoms with Crippen molar-refractivity contribution in [3.63, 3.8) is 0 Å². The predicted octanol–water partition coefficient (Wildman–Crippen LogP) is 1.84. The SMILES string of the molecule is COc1cc(-c2ccc(C=O)cn2)ncc1C#N. The number of aldehydes is 1. The summed E-state index contributed by atoms with van der Waals surface area (Å²) in [6, 6.07) is 6.98. The fourth-order valence-electron chi connectivity index (χ4n) is 1.46. The standard InChI is InChI=1S/C13H9N3O2/c1-18-13-4-12(16-7-10(13)5-14)11-3-2-9(8-17)6-15-11/h2-4,6-8H,1H3. The molecule has 0 aliphatic rings. The molecule has 0 bridgehead atoms. The van der Waals surface area contributed by atoms with Crippen LogP contribution in [0.4, 0.5) is 0 Å². The fourth-order valence-corrected chi connectivity index (χ4v) is 1.46. The van der Waals surface area contributed by atoms with Gasteiger partial charge in [-0.3, -0.25) is 14.8 Å². The number of nitrogens with zero attached hydrogens (tertiary/aromatic N) is 3. The maximum Gasteiger partial charge on any atom is 0.151 e. The molecule has 5 nitrogen and oxygen atoms in total. The van der Waals surface area contributed by atoms with Crippen molar-refractivity contribution in [2.45, 2.75) is 0 Å². The minimum Gasteiger partial charge on any atom is -0.495 e. The van der Waals surface area contributed by atoms with Crippen molar-refractivity contribution in [2.24, 2.45) is 0 Å². The van der Waals surface area contributed by atoms with Crippen molar-refractivity contribution >= 4 is 6.29 Å². The zero-order valence-corrected chi connectivity index (χ0v) is 9.62. The van der Waals surface area contributed by atoms with E-state index in [2.05, 4.69) is 9.97 Å². The van der Waals surface area contributed by atoms with Crippen LogP contribution in [0.5, 0.6) is 5.75 Å². The van der Waals surface area contributed by atoms with Crippen LogP contribution >= 0.6 is 0 Å². The second-order valence-electron chi connectivity index (χ2n) is 3.48. The monoisotopic (exact) mass is 239 g/mol. The molecule has 0 unspecified atom stereocenters. The van der Waals surface area contributed by atoms with Gasteiger partial charge in [0.25, 0.3) is 0 Å². The van der Waals surface area contributed by atoms with Crippen LogP contribution in [-0.2, 0) is 0 Å². The Morgan fingerprint density at radius 2 is 2.06 bits per heavy atom. The molecule has 0 amide bonds. The van der Waals surface area contributed by atoms with E-state index in [1.807, 2.05) is 6.07 Å². The maximum atomic E-state index is 10.5. The lowest BCUT2D eigenvalue weighted by Gasteiger charge is -2.05. The van der Waals surface area contributed by atoms with E-state index in [9.17, 15) is 4.79 Å². The van der Waals surface area contributed by atoms with Gasteiger partial charge in [-0.15, -0.1) is 0 Å². The first-order valence-corrected chi connectivity index (χ1v) is 5.14. The summed E-state index contributed by atoms with van der Waals surface area (Å²) in [5, 5.41) is 8.85. The summed E-state index contributed by atoms with van der Waals surface area (Å²) in [6.45, 7) is 0. The molecule has 2 rings (SSSR count). The molecule has 2 aromatic rings. The van der Waals surface area contributed by atoms with Crippen molar-refractivity contribution in [1.29, 1.82) is 5.26 Å². The minimum atomic E-state index is 0.366. The summed E-state index contributed by atoms with van der Waals surface area (Å²) in [7, 11) is 1.49. The number of rotatable bonds is 3. The van der Waals surface area contributed by atoms with Gasteiger partial charge >= 0.3 is 0 Å². The second kappa shape index (κ2) is 5.06. The fraction of sp³-hybridized carbons (Fsp3) is 0.0769. The van der Waals surface area contributed by atoms with E-state index < -0.39 is 0 Å². The van der Waals surface area contributed by atoms with Gasteiger partial charge in [0.15, 0.2) is 6.29 Å². The molecule has 0 radical (unpaired) electrons. The van der Waals surface area contributed by atoms with Crippen LogP contribution in [0.2, 0.25) is 0 Å². The largest absolute Gasteiger partial charge is 0.495 e. The zero-order valence-electron chi connectivity index (χ0n) is 9.62. The average Bonchev–Trinajstić information content (AvgIpc) is 2.46. The van der Waals surface area contributed by atoms with Gasteiger partial charge in [0, 0.05) is 24.0 Å². The molecule has 0 fully saturated rings. The lowest BCUT2D eigenvalue weighted by atomic mass is 10.2. The van der Waals surface area contributed by atoms with E-state index in [0.29, 0.717) is 28.3 Å². The molecule has 2 aromatic heterocycles. The maximum absolute atomic E-state index is 10.5. The first kappa shape index (κ1) is 11.7. The molecule has 5 heteroatoms. The van der Waals surface area contributed by atoms with Crippen LogP contribution in [0.1, 0.15) is 15.9 Å². The van der Waals surface area contributed by atoms with E-state index in [1.165, 1.54) is 19.5 Å². The van der Waals surface area contributed by atoms with Gasteiger partial charge in [0.1, 0.15) is 17.4 Å². The summed E-state index contributed by atoms with van der Waals surface area (Å²) < 4.78 is 5.10. The quantitative estimate of drug-likeness (QED) is 0.764. The Labute approximate surface area is 104 Å². The number of hydrogen-bond donors (Lipinski definition) is 0. The molecule has 2 heterocycles. The van der Waals surface area contributed by atoms with Crippen LogP contribution < -0.4 is 4.74 Å². The molecule has 0 spiro atoms. The number of carbonyl (C=O) groups excluding carboxylic acids is 1. The first-order chi connectivity index (χ1) is 8.78. The summed E-state index contributed by atoms with van der Waals surface area (Å²) in [4.78, 5) is 18.8. The van der Waals surface area contributed by atoms with Crippen LogP contribution in [0.3, 0.4) is 0 Å². The van der Waals surface area contributed by atoms with Crippen molar-refractivity contribution in [3.05, 3.63) is 41.7 Å². The molecule has 0 saturated heterocycles. The third-order valence-corrected chi connectivity index (χ3v) is 2.39. The Hall–Kier alpha value is -2.74. The lowest BCUT2D eigenvalue weighted by molar-refractivity contribution is 0.112. The molecule has 18 heavy (non-hydrogen) atoms. The molecule has 88 valence electrons. The predicted molar refractivity (Wildman–Crippen MR) is 64.1 cm³/mol. The van der Waals surface area contributed by atoms with E-state index in [1.54, 1.807) is 18.2 Å². The van der Waals surface area contributed by atoms with E-state index >= 15 is 0 Å². The number of carbonyl (C=O) groups is 1. The van der Waals surface area contributed by atoms with Crippen LogP contribution in [0, 0.1) is 11.3 Å². The molecular formula is C13H9N3O2. The number of aromatic nitrogens is 2. The van der Waals surface area contributed by atoms with Crippen molar-refractivity contribution < 1.29 is 9.53 Å². The van der Waals surface area contributed by atoms with Crippen molar-refractivity contribution in [3.8, 4) is 23.2 Å². The topological polar surface area (TPSA) is 75.9 Å². The Morgan fingerprint density at radius 1 is 1.28 bits per heavy atom. The Kier molecular flexibility index (Phi) is 3.30. The third-order valence-electron chi connectivity index (χ3n) is 2.39. The Bertz CT molecular complexity index is 615. The molecule has 0 aromatic carbocycles. The summed E-state index contributed by atoms with van der Waals surface area (Å²) in [6.07, 6.45) is 3.63. The van der Waals surface area contributed by atoms with Crippen molar-refractivity contribution in [1.82, 2.24) is 9.97 Å². The average molecular weight is 239 g/mol. The highest BCUT2D eigenvalue weighted by Gasteiger charge is 2.07. The van der Waals surface area contributed by atoms with Gasteiger partial charge in [-0.2, -0.15) is 5.26 Å². The minimum absolute atomic E-state index is 0.366.